The lowest BCUT2D eigenvalue weighted by atomic mass is 9.97. The molecule has 0 saturated carbocycles. The van der Waals surface area contributed by atoms with E-state index in [9.17, 15) is 92.2 Å². The monoisotopic (exact) mass is 1170 g/mol. The molecule has 5 rings (SSSR count). The van der Waals surface area contributed by atoms with Crippen LogP contribution in [-0.4, -0.2) is 82.7 Å². The van der Waals surface area contributed by atoms with Crippen molar-refractivity contribution in [3.63, 3.8) is 0 Å². The highest BCUT2D eigenvalue weighted by molar-refractivity contribution is 8.33. The molecule has 0 radical (unpaired) electrons. The third-order valence-corrected chi connectivity index (χ3v) is 17.7. The first-order valence-electron chi connectivity index (χ1n) is 18.9. The Balaban J connectivity index is 0.000000545. The number of thiol groups is 1. The lowest BCUT2D eigenvalue weighted by Gasteiger charge is -2.41. The summed E-state index contributed by atoms with van der Waals surface area (Å²) >= 11 is 3.55. The second kappa shape index (κ2) is 21.2. The molecule has 1 N–H and O–H groups in total. The van der Waals surface area contributed by atoms with E-state index in [2.05, 4.69) is 16.5 Å². The molecule has 0 saturated heterocycles. The van der Waals surface area contributed by atoms with Crippen molar-refractivity contribution in [2.45, 2.75) is 76.8 Å². The van der Waals surface area contributed by atoms with Crippen LogP contribution in [0.2, 0.25) is 0 Å². The zero-order valence-corrected chi connectivity index (χ0v) is 40.0. The molecule has 5 aromatic carbocycles. The summed E-state index contributed by atoms with van der Waals surface area (Å²) in [5.41, 5.74) is 0.676. The highest BCUT2D eigenvalue weighted by atomic mass is 32.3. The quantitative estimate of drug-likeness (QED) is 0.0379. The molecule has 0 heterocycles. The average Bonchev–Trinajstić information content (AvgIpc) is 3.32. The van der Waals surface area contributed by atoms with E-state index in [0.717, 1.165) is 9.79 Å². The summed E-state index contributed by atoms with van der Waals surface area (Å²) in [5, 5.41) is -4.40. The summed E-state index contributed by atoms with van der Waals surface area (Å²) in [6, 6.07) is 31.3. The summed E-state index contributed by atoms with van der Waals surface area (Å²) in [5.74, 6) is -31.2. The highest BCUT2D eigenvalue weighted by Gasteiger charge is 2.87. The Kier molecular flexibility index (Phi) is 17.7. The first-order chi connectivity index (χ1) is 33.3. The molecule has 404 valence electrons. The number of halogens is 18. The Morgan fingerprint density at radius 1 is 0.438 bits per heavy atom. The van der Waals surface area contributed by atoms with Crippen LogP contribution in [-0.2, 0) is 42.8 Å². The molecule has 5 aromatic rings. The summed E-state index contributed by atoms with van der Waals surface area (Å²) < 4.78 is 302. The van der Waals surface area contributed by atoms with E-state index in [0.29, 0.717) is 5.56 Å². The highest BCUT2D eigenvalue weighted by Crippen LogP contribution is 2.71. The van der Waals surface area contributed by atoms with E-state index in [1.807, 2.05) is 0 Å². The molecule has 0 fully saturated rings. The summed E-state index contributed by atoms with van der Waals surface area (Å²) in [7, 11) is -15.8. The number of methoxy groups -OCH3 is 2. The van der Waals surface area contributed by atoms with Gasteiger partial charge in [-0.15, -0.1) is 0 Å². The average molecular weight is 1170 g/mol. The molecule has 0 bridgehead atoms. The lowest BCUT2D eigenvalue weighted by molar-refractivity contribution is -0.382. The van der Waals surface area contributed by atoms with Crippen LogP contribution >= 0.6 is 35.0 Å². The van der Waals surface area contributed by atoms with Crippen LogP contribution in [0.25, 0.3) is 0 Å². The second-order valence-corrected chi connectivity index (χ2v) is 21.9. The SMILES string of the molecule is COC(OC)(c1ccc(Sc2ccc(O)cc2)cc1)c1ccc(S(OS(=O)(=O)C(F)(F)C(F)(F)C(F)(F)C(F)(F)F)(c2ccccc2)c2ccccc2)cc1.O=S(=O)(OS)C(F)(F)C(F)(F)C(F)(F)C(F)(F)F. The number of ether oxygens (including phenoxy) is 2. The number of alkyl halides is 18. The van der Waals surface area contributed by atoms with Gasteiger partial charge in [-0.3, -0.25) is 0 Å². The minimum absolute atomic E-state index is 0.0975. The largest absolute Gasteiger partial charge is 0.508 e. The lowest BCUT2D eigenvalue weighted by Crippen LogP contribution is -2.63. The molecule has 0 aromatic heterocycles. The maximum absolute atomic E-state index is 15.3. The van der Waals surface area contributed by atoms with Gasteiger partial charge in [-0.25, -0.2) is 3.63 Å². The Morgan fingerprint density at radius 3 is 1.08 bits per heavy atom. The van der Waals surface area contributed by atoms with E-state index in [1.54, 1.807) is 36.4 Å². The molecule has 32 heteroatoms. The maximum Gasteiger partial charge on any atom is 0.460 e. The van der Waals surface area contributed by atoms with Crippen molar-refractivity contribution in [1.82, 2.24) is 0 Å². The van der Waals surface area contributed by atoms with Crippen molar-refractivity contribution in [2.24, 2.45) is 0 Å². The Labute approximate surface area is 412 Å². The number of rotatable bonds is 18. The molecule has 0 spiro atoms. The van der Waals surface area contributed by atoms with Gasteiger partial charge in [0.25, 0.3) is 0 Å². The number of phenols is 1. The van der Waals surface area contributed by atoms with Crippen molar-refractivity contribution < 1.29 is 118 Å². The van der Waals surface area contributed by atoms with Gasteiger partial charge >= 0.3 is 66.8 Å². The standard InChI is InChI=1S/C37H29F9O6S3.C4HF9O3S2/c1-50-33(51-2,25-13-19-28(20-14-25)53-29-21-17-27(47)18-22-29)26-15-23-32(24-16-26)54(30-9-5-3-6-10-30,31-11-7-4-8-12-31)52-55(48,49)37(45,46)35(40,41)34(38,39)36(42,43)44;5-1(6,3(9,10)11)2(7,8)4(12,13)18(14,15)16-17/h3-24,47H,1-2H3;17H. The minimum Gasteiger partial charge on any atom is -0.508 e. The molecular weight excluding hydrogens is 1140 g/mol. The molecule has 0 aliphatic heterocycles. The van der Waals surface area contributed by atoms with E-state index in [4.69, 9.17) is 13.1 Å². The van der Waals surface area contributed by atoms with Gasteiger partial charge in [-0.05, 0) is 96.0 Å². The van der Waals surface area contributed by atoms with Gasteiger partial charge in [0.1, 0.15) is 5.75 Å². The normalized spacial score (nSPS) is 14.3. The van der Waals surface area contributed by atoms with Crippen molar-refractivity contribution >= 4 is 55.2 Å². The predicted octanol–water partition coefficient (Wildman–Crippen LogP) is 13.6. The van der Waals surface area contributed by atoms with Gasteiger partial charge in [0.15, 0.2) is 0 Å². The molecule has 0 amide bonds. The molecular formula is C41H30F18O9S5. The topological polar surface area (TPSA) is 125 Å². The van der Waals surface area contributed by atoms with Crippen LogP contribution in [0.3, 0.4) is 0 Å². The fourth-order valence-corrected chi connectivity index (χ4v) is 12.8. The fourth-order valence-electron chi connectivity index (χ4n) is 5.99. The molecule has 73 heavy (non-hydrogen) atoms. The third kappa shape index (κ3) is 10.9. The van der Waals surface area contributed by atoms with E-state index in [1.165, 1.54) is 123 Å². The maximum atomic E-state index is 15.3. The number of hydrogen-bond acceptors (Lipinski definition) is 11. The van der Waals surface area contributed by atoms with Crippen LogP contribution in [0.4, 0.5) is 79.0 Å². The molecule has 0 aliphatic rings. The number of hydrogen-bond donors (Lipinski definition) is 2. The predicted molar refractivity (Wildman–Crippen MR) is 226 cm³/mol. The molecule has 0 aliphatic carbocycles. The summed E-state index contributed by atoms with van der Waals surface area (Å²) in [4.78, 5) is 0.879. The van der Waals surface area contributed by atoms with E-state index in [-0.39, 0.29) is 26.0 Å². The fraction of sp³-hybridized carbons (Fsp3) is 0.268. The number of phenolic OH excluding ortho intramolecular Hbond substituents is 1. The van der Waals surface area contributed by atoms with Gasteiger partial charge in [0, 0.05) is 49.8 Å². The Morgan fingerprint density at radius 2 is 0.753 bits per heavy atom. The third-order valence-electron chi connectivity index (χ3n) is 9.75. The van der Waals surface area contributed by atoms with Crippen LogP contribution < -0.4 is 0 Å². The van der Waals surface area contributed by atoms with Crippen LogP contribution in [0.1, 0.15) is 11.1 Å². The van der Waals surface area contributed by atoms with Crippen molar-refractivity contribution in [3.05, 3.63) is 145 Å². The first-order valence-corrected chi connectivity index (χ1v) is 24.5. The molecule has 0 unspecified atom stereocenters. The summed E-state index contributed by atoms with van der Waals surface area (Å²) in [6.07, 6.45) is -14.4. The number of aromatic hydroxyl groups is 1. The molecule has 9 nitrogen and oxygen atoms in total. The van der Waals surface area contributed by atoms with Gasteiger partial charge in [0.05, 0.1) is 0 Å². The van der Waals surface area contributed by atoms with Crippen LogP contribution in [0, 0.1) is 0 Å². The van der Waals surface area contributed by atoms with Gasteiger partial charge < -0.3 is 14.6 Å². The van der Waals surface area contributed by atoms with E-state index < -0.39 is 82.9 Å². The van der Waals surface area contributed by atoms with Gasteiger partial charge in [-0.1, -0.05) is 72.4 Å². The van der Waals surface area contributed by atoms with E-state index >= 15 is 8.78 Å². The van der Waals surface area contributed by atoms with Crippen LogP contribution in [0.15, 0.2) is 158 Å². The zero-order valence-electron chi connectivity index (χ0n) is 35.8. The van der Waals surface area contributed by atoms with Crippen molar-refractivity contribution in [3.8, 4) is 5.75 Å². The van der Waals surface area contributed by atoms with Crippen LogP contribution in [0.5, 0.6) is 5.75 Å². The van der Waals surface area contributed by atoms with Gasteiger partial charge in [-0.2, -0.15) is 99.5 Å². The summed E-state index contributed by atoms with van der Waals surface area (Å²) in [6.45, 7) is 0. The van der Waals surface area contributed by atoms with Crippen molar-refractivity contribution in [1.29, 1.82) is 0 Å². The Hall–Kier alpha value is -4.57. The van der Waals surface area contributed by atoms with Gasteiger partial charge in [0.2, 0.25) is 5.79 Å². The smallest absolute Gasteiger partial charge is 0.460 e. The zero-order chi connectivity index (χ0) is 55.7. The Bertz CT molecular complexity index is 2830. The number of benzene rings is 5. The minimum atomic E-state index is -7.52. The van der Waals surface area contributed by atoms with Crippen molar-refractivity contribution in [2.75, 3.05) is 14.2 Å². The molecule has 0 atom stereocenters. The second-order valence-electron chi connectivity index (χ2n) is 14.2. The first kappa shape index (κ1) is 61.0.